The van der Waals surface area contributed by atoms with E-state index in [1.54, 1.807) is 12.4 Å². The van der Waals surface area contributed by atoms with Crippen LogP contribution in [0.25, 0.3) is 22.2 Å². The summed E-state index contributed by atoms with van der Waals surface area (Å²) in [4.78, 5) is 25.1. The second-order valence-electron chi connectivity index (χ2n) is 6.01. The maximum atomic E-state index is 12.9. The highest BCUT2D eigenvalue weighted by Gasteiger charge is 2.10. The van der Waals surface area contributed by atoms with Crippen molar-refractivity contribution in [1.29, 1.82) is 0 Å². The van der Waals surface area contributed by atoms with E-state index in [0.717, 1.165) is 33.9 Å². The van der Waals surface area contributed by atoms with E-state index in [9.17, 15) is 9.18 Å². The van der Waals surface area contributed by atoms with Crippen LogP contribution < -0.4 is 5.32 Å². The number of halogens is 1. The molecule has 4 aromatic rings. The lowest BCUT2D eigenvalue weighted by Crippen LogP contribution is -2.15. The Morgan fingerprint density at radius 3 is 2.70 bits per heavy atom. The molecule has 0 unspecified atom stereocenters. The van der Waals surface area contributed by atoms with Crippen molar-refractivity contribution in [3.8, 4) is 11.3 Å². The Balaban J connectivity index is 1.62. The van der Waals surface area contributed by atoms with Crippen molar-refractivity contribution in [1.82, 2.24) is 15.0 Å². The van der Waals surface area contributed by atoms with Crippen LogP contribution in [0.15, 0.2) is 73.2 Å². The minimum atomic E-state index is -0.450. The van der Waals surface area contributed by atoms with Gasteiger partial charge < -0.3 is 5.32 Å². The first-order valence-corrected chi connectivity index (χ1v) is 8.39. The number of fused-ring (bicyclic) bond motifs is 1. The van der Waals surface area contributed by atoms with E-state index in [0.29, 0.717) is 5.82 Å². The number of pyridine rings is 3. The molecule has 0 bridgehead atoms. The fourth-order valence-electron chi connectivity index (χ4n) is 2.84. The number of amides is 1. The van der Waals surface area contributed by atoms with Gasteiger partial charge >= 0.3 is 0 Å². The third-order valence-electron chi connectivity index (χ3n) is 4.11. The van der Waals surface area contributed by atoms with Gasteiger partial charge in [0.2, 0.25) is 5.91 Å². The Kier molecular flexibility index (Phi) is 4.53. The molecule has 0 fully saturated rings. The van der Waals surface area contributed by atoms with Crippen molar-refractivity contribution in [3.63, 3.8) is 0 Å². The topological polar surface area (TPSA) is 67.8 Å². The number of hydrogen-bond donors (Lipinski definition) is 1. The van der Waals surface area contributed by atoms with Gasteiger partial charge in [0.25, 0.3) is 0 Å². The highest BCUT2D eigenvalue weighted by molar-refractivity contribution is 5.95. The van der Waals surface area contributed by atoms with Crippen molar-refractivity contribution in [2.45, 2.75) is 6.42 Å². The molecule has 1 N–H and O–H groups in total. The predicted molar refractivity (Wildman–Crippen MR) is 102 cm³/mol. The Morgan fingerprint density at radius 2 is 1.93 bits per heavy atom. The molecule has 27 heavy (non-hydrogen) atoms. The lowest BCUT2D eigenvalue weighted by atomic mass is 10.0. The average Bonchev–Trinajstić information content (AvgIpc) is 2.70. The summed E-state index contributed by atoms with van der Waals surface area (Å²) in [6.07, 6.45) is 4.67. The fourth-order valence-corrected chi connectivity index (χ4v) is 2.84. The summed E-state index contributed by atoms with van der Waals surface area (Å²) in [6, 6.07) is 16.1. The van der Waals surface area contributed by atoms with E-state index in [4.69, 9.17) is 4.98 Å². The van der Waals surface area contributed by atoms with Crippen LogP contribution in [0.1, 0.15) is 5.56 Å². The first kappa shape index (κ1) is 16.8. The molecule has 4 rings (SSSR count). The van der Waals surface area contributed by atoms with Gasteiger partial charge in [0.15, 0.2) is 0 Å². The summed E-state index contributed by atoms with van der Waals surface area (Å²) in [6.45, 7) is 0. The average molecular weight is 358 g/mol. The van der Waals surface area contributed by atoms with Gasteiger partial charge in [-0.1, -0.05) is 24.3 Å². The predicted octanol–water partition coefficient (Wildman–Crippen LogP) is 4.01. The zero-order valence-electron chi connectivity index (χ0n) is 14.3. The molecule has 0 radical (unpaired) electrons. The number of carbonyl (C=O) groups excluding carboxylic acids is 1. The van der Waals surface area contributed by atoms with E-state index >= 15 is 0 Å². The SMILES string of the molecule is O=C(Cc1cccc2ccc(-c3cccnc3)nc12)Nc1ccc(F)cn1. The van der Waals surface area contributed by atoms with E-state index in [-0.39, 0.29) is 12.3 Å². The third-order valence-corrected chi connectivity index (χ3v) is 4.11. The molecule has 0 aliphatic heterocycles. The number of rotatable bonds is 4. The first-order chi connectivity index (χ1) is 13.2. The van der Waals surface area contributed by atoms with Gasteiger partial charge in [0.05, 0.1) is 23.8 Å². The minimum absolute atomic E-state index is 0.139. The van der Waals surface area contributed by atoms with Crippen molar-refractivity contribution in [3.05, 3.63) is 84.6 Å². The number of anilines is 1. The molecule has 1 amide bonds. The highest BCUT2D eigenvalue weighted by Crippen LogP contribution is 2.23. The molecule has 0 atom stereocenters. The number of aromatic nitrogens is 3. The molecule has 6 heteroatoms. The van der Waals surface area contributed by atoms with E-state index in [2.05, 4.69) is 15.3 Å². The summed E-state index contributed by atoms with van der Waals surface area (Å²) in [7, 11) is 0. The third kappa shape index (κ3) is 3.79. The second-order valence-corrected chi connectivity index (χ2v) is 6.01. The van der Waals surface area contributed by atoms with Gasteiger partial charge in [0, 0.05) is 23.3 Å². The quantitative estimate of drug-likeness (QED) is 0.598. The standard InChI is InChI=1S/C21H15FN4O/c22-17-7-9-19(24-13-17)26-20(27)11-15-4-1-3-14-6-8-18(25-21(14)15)16-5-2-10-23-12-16/h1-10,12-13H,11H2,(H,24,26,27). The molecule has 1 aromatic carbocycles. The van der Waals surface area contributed by atoms with Crippen LogP contribution in [0.5, 0.6) is 0 Å². The van der Waals surface area contributed by atoms with Crippen molar-refractivity contribution in [2.75, 3.05) is 5.32 Å². The molecular formula is C21H15FN4O. The number of benzene rings is 1. The second kappa shape index (κ2) is 7.29. The summed E-state index contributed by atoms with van der Waals surface area (Å²) in [5.41, 5.74) is 3.27. The van der Waals surface area contributed by atoms with Crippen LogP contribution in [0, 0.1) is 5.82 Å². The minimum Gasteiger partial charge on any atom is -0.310 e. The summed E-state index contributed by atoms with van der Waals surface area (Å²) >= 11 is 0. The normalized spacial score (nSPS) is 10.7. The maximum Gasteiger partial charge on any atom is 0.230 e. The summed E-state index contributed by atoms with van der Waals surface area (Å²) < 4.78 is 12.9. The molecule has 132 valence electrons. The lowest BCUT2D eigenvalue weighted by Gasteiger charge is -2.09. The van der Waals surface area contributed by atoms with Crippen LogP contribution >= 0.6 is 0 Å². The van der Waals surface area contributed by atoms with Gasteiger partial charge in [-0.05, 0) is 35.9 Å². The van der Waals surface area contributed by atoms with Crippen LogP contribution in [-0.4, -0.2) is 20.9 Å². The molecule has 0 saturated heterocycles. The van der Waals surface area contributed by atoms with E-state index < -0.39 is 5.82 Å². The number of nitrogens with one attached hydrogen (secondary N) is 1. The molecule has 0 aliphatic carbocycles. The Hall–Kier alpha value is -3.67. The monoisotopic (exact) mass is 358 g/mol. The Morgan fingerprint density at radius 1 is 1.00 bits per heavy atom. The van der Waals surface area contributed by atoms with Crippen LogP contribution in [0.4, 0.5) is 10.2 Å². The van der Waals surface area contributed by atoms with Gasteiger partial charge in [-0.3, -0.25) is 9.78 Å². The van der Waals surface area contributed by atoms with Crippen molar-refractivity contribution >= 4 is 22.6 Å². The smallest absolute Gasteiger partial charge is 0.230 e. The number of carbonyl (C=O) groups is 1. The van der Waals surface area contributed by atoms with Crippen LogP contribution in [0.2, 0.25) is 0 Å². The number of hydrogen-bond acceptors (Lipinski definition) is 4. The van der Waals surface area contributed by atoms with E-state index in [1.165, 1.54) is 12.1 Å². The summed E-state index contributed by atoms with van der Waals surface area (Å²) in [5, 5.41) is 3.63. The molecule has 0 aliphatic rings. The van der Waals surface area contributed by atoms with Crippen LogP contribution in [0.3, 0.4) is 0 Å². The molecule has 3 aromatic heterocycles. The molecular weight excluding hydrogens is 343 g/mol. The van der Waals surface area contributed by atoms with Gasteiger partial charge in [-0.2, -0.15) is 0 Å². The molecule has 3 heterocycles. The lowest BCUT2D eigenvalue weighted by molar-refractivity contribution is -0.115. The van der Waals surface area contributed by atoms with Crippen LogP contribution in [-0.2, 0) is 11.2 Å². The van der Waals surface area contributed by atoms with E-state index in [1.807, 2.05) is 42.5 Å². The van der Waals surface area contributed by atoms with Gasteiger partial charge in [0.1, 0.15) is 11.6 Å². The molecule has 0 spiro atoms. The fraction of sp³-hybridized carbons (Fsp3) is 0.0476. The first-order valence-electron chi connectivity index (χ1n) is 8.39. The zero-order valence-corrected chi connectivity index (χ0v) is 14.3. The van der Waals surface area contributed by atoms with Crippen molar-refractivity contribution in [2.24, 2.45) is 0 Å². The Labute approximate surface area is 154 Å². The zero-order chi connectivity index (χ0) is 18.6. The highest BCUT2D eigenvalue weighted by atomic mass is 19.1. The van der Waals surface area contributed by atoms with Gasteiger partial charge in [-0.25, -0.2) is 14.4 Å². The van der Waals surface area contributed by atoms with Crippen molar-refractivity contribution < 1.29 is 9.18 Å². The largest absolute Gasteiger partial charge is 0.310 e. The molecule has 5 nitrogen and oxygen atoms in total. The van der Waals surface area contributed by atoms with Gasteiger partial charge in [-0.15, -0.1) is 0 Å². The summed E-state index contributed by atoms with van der Waals surface area (Å²) in [5.74, 6) is -0.380. The Bertz CT molecular complexity index is 1100. The number of para-hydroxylation sites is 1. The molecule has 0 saturated carbocycles. The maximum absolute atomic E-state index is 12.9. The number of nitrogens with zero attached hydrogens (tertiary/aromatic N) is 3.